The van der Waals surface area contributed by atoms with Gasteiger partial charge in [0.05, 0.1) is 5.69 Å². The van der Waals surface area contributed by atoms with Crippen LogP contribution in [0.2, 0.25) is 0 Å². The summed E-state index contributed by atoms with van der Waals surface area (Å²) in [5.74, 6) is 0. The summed E-state index contributed by atoms with van der Waals surface area (Å²) in [4.78, 5) is 0. The van der Waals surface area contributed by atoms with Crippen molar-refractivity contribution in [3.8, 4) is 0 Å². The first kappa shape index (κ1) is 13.3. The van der Waals surface area contributed by atoms with E-state index in [4.69, 9.17) is 12.2 Å². The van der Waals surface area contributed by atoms with Crippen LogP contribution in [-0.4, -0.2) is 20.9 Å². The molecule has 0 atom stereocenters. The van der Waals surface area contributed by atoms with E-state index in [1.807, 2.05) is 24.9 Å². The Bertz CT molecular complexity index is 407. The Hall–Kier alpha value is -1.10. The summed E-state index contributed by atoms with van der Waals surface area (Å²) in [6, 6.07) is 0.564. The molecule has 0 bridgehead atoms. The van der Waals surface area contributed by atoms with E-state index >= 15 is 0 Å². The fraction of sp³-hybridized carbons (Fsp3) is 0.692. The molecule has 1 saturated carbocycles. The second kappa shape index (κ2) is 6.18. The van der Waals surface area contributed by atoms with Crippen molar-refractivity contribution in [2.45, 2.75) is 51.6 Å². The zero-order valence-corrected chi connectivity index (χ0v) is 12.0. The van der Waals surface area contributed by atoms with Crippen LogP contribution in [0.4, 0.5) is 0 Å². The summed E-state index contributed by atoms with van der Waals surface area (Å²) in [5.41, 5.74) is 2.26. The molecule has 2 N–H and O–H groups in total. The molecule has 1 heterocycles. The molecule has 0 radical (unpaired) electrons. The van der Waals surface area contributed by atoms with Gasteiger partial charge in [-0.05, 0) is 32.0 Å². The van der Waals surface area contributed by atoms with E-state index in [1.54, 1.807) is 0 Å². The third kappa shape index (κ3) is 3.70. The fourth-order valence-electron chi connectivity index (χ4n) is 2.48. The fourth-order valence-corrected chi connectivity index (χ4v) is 2.72. The molecule has 0 spiro atoms. The summed E-state index contributed by atoms with van der Waals surface area (Å²) >= 11 is 5.33. The van der Waals surface area contributed by atoms with Crippen molar-refractivity contribution >= 4 is 17.3 Å². The number of rotatable bonds is 3. The molecule has 0 aromatic carbocycles. The number of hydrogen-bond acceptors (Lipinski definition) is 2. The lowest BCUT2D eigenvalue weighted by molar-refractivity contribution is 0.412. The largest absolute Gasteiger partial charge is 0.360 e. The normalized spacial score (nSPS) is 16.6. The third-order valence-corrected chi connectivity index (χ3v) is 3.76. The average Bonchev–Trinajstić information content (AvgIpc) is 2.66. The quantitative estimate of drug-likeness (QED) is 0.822. The SMILES string of the molecule is Cc1nn(C)cc1CNC(=S)NC1CCCCC1. The van der Waals surface area contributed by atoms with Crippen LogP contribution in [0.1, 0.15) is 43.4 Å². The maximum Gasteiger partial charge on any atom is 0.166 e. The summed E-state index contributed by atoms with van der Waals surface area (Å²) in [6.45, 7) is 2.77. The van der Waals surface area contributed by atoms with Crippen molar-refractivity contribution < 1.29 is 0 Å². The second-order valence-corrected chi connectivity index (χ2v) is 5.48. The van der Waals surface area contributed by atoms with Gasteiger partial charge >= 0.3 is 0 Å². The molecule has 1 aromatic heterocycles. The van der Waals surface area contributed by atoms with Gasteiger partial charge in [0.1, 0.15) is 0 Å². The minimum atomic E-state index is 0.564. The van der Waals surface area contributed by atoms with Gasteiger partial charge in [-0.1, -0.05) is 19.3 Å². The molecule has 100 valence electrons. The number of aromatic nitrogens is 2. The molecule has 0 aliphatic heterocycles. The molecular formula is C13H22N4S. The van der Waals surface area contributed by atoms with E-state index in [2.05, 4.69) is 15.7 Å². The Kier molecular flexibility index (Phi) is 4.58. The van der Waals surface area contributed by atoms with E-state index < -0.39 is 0 Å². The molecule has 5 heteroatoms. The van der Waals surface area contributed by atoms with Crippen molar-refractivity contribution in [2.75, 3.05) is 0 Å². The van der Waals surface area contributed by atoms with E-state index in [1.165, 1.54) is 37.7 Å². The van der Waals surface area contributed by atoms with Crippen LogP contribution >= 0.6 is 12.2 Å². The Morgan fingerprint density at radius 2 is 2.17 bits per heavy atom. The molecule has 2 rings (SSSR count). The molecule has 1 aromatic rings. The molecule has 0 unspecified atom stereocenters. The first-order valence-corrected chi connectivity index (χ1v) is 7.09. The Balaban J connectivity index is 1.75. The second-order valence-electron chi connectivity index (χ2n) is 5.08. The van der Waals surface area contributed by atoms with Crippen LogP contribution in [0.3, 0.4) is 0 Å². The van der Waals surface area contributed by atoms with Gasteiger partial charge in [0, 0.05) is 31.4 Å². The summed E-state index contributed by atoms with van der Waals surface area (Å²) in [7, 11) is 1.94. The highest BCUT2D eigenvalue weighted by atomic mass is 32.1. The van der Waals surface area contributed by atoms with Crippen LogP contribution in [-0.2, 0) is 13.6 Å². The molecular weight excluding hydrogens is 244 g/mol. The lowest BCUT2D eigenvalue weighted by atomic mass is 9.96. The van der Waals surface area contributed by atoms with E-state index in [9.17, 15) is 0 Å². The number of nitrogens with one attached hydrogen (secondary N) is 2. The van der Waals surface area contributed by atoms with Gasteiger partial charge in [0.25, 0.3) is 0 Å². The molecule has 1 aliphatic carbocycles. The van der Waals surface area contributed by atoms with Crippen LogP contribution < -0.4 is 10.6 Å². The van der Waals surface area contributed by atoms with Gasteiger partial charge in [-0.15, -0.1) is 0 Å². The topological polar surface area (TPSA) is 41.9 Å². The van der Waals surface area contributed by atoms with Crippen molar-refractivity contribution in [3.05, 3.63) is 17.5 Å². The maximum absolute atomic E-state index is 5.33. The number of aryl methyl sites for hydroxylation is 2. The monoisotopic (exact) mass is 266 g/mol. The molecule has 18 heavy (non-hydrogen) atoms. The number of nitrogens with zero attached hydrogens (tertiary/aromatic N) is 2. The first-order valence-electron chi connectivity index (χ1n) is 6.68. The van der Waals surface area contributed by atoms with Crippen molar-refractivity contribution in [1.29, 1.82) is 0 Å². The minimum absolute atomic E-state index is 0.564. The van der Waals surface area contributed by atoms with Gasteiger partial charge in [-0.25, -0.2) is 0 Å². The van der Waals surface area contributed by atoms with Crippen molar-refractivity contribution in [1.82, 2.24) is 20.4 Å². The number of thiocarbonyl (C=S) groups is 1. The molecule has 1 aliphatic rings. The van der Waals surface area contributed by atoms with E-state index in [-0.39, 0.29) is 0 Å². The van der Waals surface area contributed by atoms with Gasteiger partial charge in [0.15, 0.2) is 5.11 Å². The first-order chi connectivity index (χ1) is 8.65. The highest BCUT2D eigenvalue weighted by Gasteiger charge is 2.13. The standard InChI is InChI=1S/C13H22N4S/c1-10-11(9-17(2)16-10)8-14-13(18)15-12-6-4-3-5-7-12/h9,12H,3-8H2,1-2H3,(H2,14,15,18). The number of hydrogen-bond donors (Lipinski definition) is 2. The average molecular weight is 266 g/mol. The van der Waals surface area contributed by atoms with Crippen LogP contribution in [0.5, 0.6) is 0 Å². The predicted octanol–water partition coefficient (Wildman–Crippen LogP) is 2.03. The van der Waals surface area contributed by atoms with Gasteiger partial charge in [0.2, 0.25) is 0 Å². The molecule has 1 fully saturated rings. The Labute approximate surface area is 114 Å². The highest BCUT2D eigenvalue weighted by Crippen LogP contribution is 2.17. The van der Waals surface area contributed by atoms with Crippen LogP contribution in [0, 0.1) is 6.92 Å². The summed E-state index contributed by atoms with van der Waals surface area (Å²) in [6.07, 6.45) is 8.53. The van der Waals surface area contributed by atoms with E-state index in [0.29, 0.717) is 6.04 Å². The maximum atomic E-state index is 5.33. The summed E-state index contributed by atoms with van der Waals surface area (Å²) < 4.78 is 1.84. The Morgan fingerprint density at radius 3 is 2.78 bits per heavy atom. The lowest BCUT2D eigenvalue weighted by Crippen LogP contribution is -2.42. The molecule has 0 saturated heterocycles. The predicted molar refractivity (Wildman–Crippen MR) is 77.4 cm³/mol. The molecule has 0 amide bonds. The Morgan fingerprint density at radius 1 is 1.44 bits per heavy atom. The van der Waals surface area contributed by atoms with E-state index in [0.717, 1.165) is 17.4 Å². The summed E-state index contributed by atoms with van der Waals surface area (Å²) in [5, 5.41) is 11.8. The zero-order valence-electron chi connectivity index (χ0n) is 11.2. The third-order valence-electron chi connectivity index (χ3n) is 3.49. The molecule has 4 nitrogen and oxygen atoms in total. The lowest BCUT2D eigenvalue weighted by Gasteiger charge is -2.24. The van der Waals surface area contributed by atoms with Crippen molar-refractivity contribution in [3.63, 3.8) is 0 Å². The minimum Gasteiger partial charge on any atom is -0.360 e. The highest BCUT2D eigenvalue weighted by molar-refractivity contribution is 7.80. The van der Waals surface area contributed by atoms with Gasteiger partial charge < -0.3 is 10.6 Å². The smallest absolute Gasteiger partial charge is 0.166 e. The zero-order chi connectivity index (χ0) is 13.0. The van der Waals surface area contributed by atoms with Gasteiger partial charge in [-0.3, -0.25) is 4.68 Å². The van der Waals surface area contributed by atoms with Gasteiger partial charge in [-0.2, -0.15) is 5.10 Å². The van der Waals surface area contributed by atoms with Crippen LogP contribution in [0.25, 0.3) is 0 Å². The van der Waals surface area contributed by atoms with Crippen LogP contribution in [0.15, 0.2) is 6.20 Å². The van der Waals surface area contributed by atoms with Crippen molar-refractivity contribution in [2.24, 2.45) is 7.05 Å².